The molecule has 86 valence electrons. The number of rotatable bonds is 3. The molecule has 1 aliphatic heterocycles. The van der Waals surface area contributed by atoms with Crippen molar-refractivity contribution in [2.45, 2.75) is 13.3 Å². The summed E-state index contributed by atoms with van der Waals surface area (Å²) in [6.07, 6.45) is 0.638. The number of carbonyl (C=O) groups is 1. The Labute approximate surface area is 94.9 Å². The Morgan fingerprint density at radius 3 is 2.62 bits per heavy atom. The molecule has 0 aromatic heterocycles. The zero-order valence-corrected chi connectivity index (χ0v) is 9.31. The van der Waals surface area contributed by atoms with Gasteiger partial charge in [-0.15, -0.1) is 0 Å². The molecule has 0 bridgehead atoms. The summed E-state index contributed by atoms with van der Waals surface area (Å²) < 4.78 is 0. The minimum absolute atomic E-state index is 0.0960. The van der Waals surface area contributed by atoms with Crippen molar-refractivity contribution < 1.29 is 9.90 Å². The fourth-order valence-electron chi connectivity index (χ4n) is 1.92. The molecule has 1 aliphatic rings. The molecule has 1 aromatic carbocycles. The molecule has 16 heavy (non-hydrogen) atoms. The van der Waals surface area contributed by atoms with Gasteiger partial charge >= 0.3 is 0 Å². The van der Waals surface area contributed by atoms with E-state index in [4.69, 9.17) is 0 Å². The molecule has 1 fully saturated rings. The van der Waals surface area contributed by atoms with Crippen LogP contribution >= 0.6 is 0 Å². The number of carbonyl (C=O) groups excluding carboxylic acids is 1. The van der Waals surface area contributed by atoms with Crippen molar-refractivity contribution in [2.75, 3.05) is 18.2 Å². The van der Waals surface area contributed by atoms with Gasteiger partial charge in [-0.05, 0) is 18.6 Å². The van der Waals surface area contributed by atoms with Gasteiger partial charge in [0.1, 0.15) is 0 Å². The SMILES string of the molecule is CCC1(CO)CN(c2ccccc2)NC1=O. The van der Waals surface area contributed by atoms with Crippen LogP contribution in [0.3, 0.4) is 0 Å². The molecule has 0 radical (unpaired) electrons. The van der Waals surface area contributed by atoms with Crippen molar-refractivity contribution in [1.82, 2.24) is 5.43 Å². The van der Waals surface area contributed by atoms with Crippen LogP contribution in [0.25, 0.3) is 0 Å². The molecule has 1 unspecified atom stereocenters. The maximum Gasteiger partial charge on any atom is 0.248 e. The number of amides is 1. The Morgan fingerprint density at radius 1 is 1.44 bits per heavy atom. The van der Waals surface area contributed by atoms with Crippen molar-refractivity contribution in [3.8, 4) is 0 Å². The van der Waals surface area contributed by atoms with Crippen LogP contribution in [0.15, 0.2) is 30.3 Å². The fraction of sp³-hybridized carbons (Fsp3) is 0.417. The molecular formula is C12H16N2O2. The van der Waals surface area contributed by atoms with Gasteiger partial charge in [0.2, 0.25) is 5.91 Å². The maximum absolute atomic E-state index is 11.8. The lowest BCUT2D eigenvalue weighted by Gasteiger charge is -2.22. The highest BCUT2D eigenvalue weighted by atomic mass is 16.3. The molecule has 1 atom stereocenters. The largest absolute Gasteiger partial charge is 0.395 e. The smallest absolute Gasteiger partial charge is 0.248 e. The normalized spacial score (nSPS) is 24.6. The summed E-state index contributed by atoms with van der Waals surface area (Å²) >= 11 is 0. The molecule has 2 N–H and O–H groups in total. The van der Waals surface area contributed by atoms with Crippen LogP contribution in [0.4, 0.5) is 5.69 Å². The fourth-order valence-corrected chi connectivity index (χ4v) is 1.92. The van der Waals surface area contributed by atoms with Crippen molar-refractivity contribution in [3.63, 3.8) is 0 Å². The van der Waals surface area contributed by atoms with E-state index in [1.54, 1.807) is 5.01 Å². The third-order valence-corrected chi connectivity index (χ3v) is 3.23. The minimum atomic E-state index is -0.657. The number of aliphatic hydroxyl groups is 1. The van der Waals surface area contributed by atoms with Crippen LogP contribution in [-0.2, 0) is 4.79 Å². The van der Waals surface area contributed by atoms with Gasteiger partial charge in [-0.2, -0.15) is 0 Å². The number of hydrogen-bond acceptors (Lipinski definition) is 3. The Morgan fingerprint density at radius 2 is 2.12 bits per heavy atom. The second-order valence-corrected chi connectivity index (χ2v) is 4.15. The third kappa shape index (κ3) is 1.65. The summed E-state index contributed by atoms with van der Waals surface area (Å²) in [4.78, 5) is 11.8. The number of nitrogens with one attached hydrogen (secondary N) is 1. The molecule has 1 amide bonds. The lowest BCUT2D eigenvalue weighted by Crippen LogP contribution is -2.35. The zero-order valence-electron chi connectivity index (χ0n) is 9.31. The monoisotopic (exact) mass is 220 g/mol. The quantitative estimate of drug-likeness (QED) is 0.796. The summed E-state index contributed by atoms with van der Waals surface area (Å²) in [6, 6.07) is 9.64. The number of para-hydroxylation sites is 1. The highest BCUT2D eigenvalue weighted by molar-refractivity contribution is 5.88. The van der Waals surface area contributed by atoms with E-state index in [0.29, 0.717) is 13.0 Å². The highest BCUT2D eigenvalue weighted by Crippen LogP contribution is 2.30. The van der Waals surface area contributed by atoms with E-state index in [0.717, 1.165) is 5.69 Å². The Hall–Kier alpha value is -1.55. The number of aliphatic hydroxyl groups excluding tert-OH is 1. The topological polar surface area (TPSA) is 52.6 Å². The minimum Gasteiger partial charge on any atom is -0.395 e. The van der Waals surface area contributed by atoms with Gasteiger partial charge in [0.25, 0.3) is 0 Å². The van der Waals surface area contributed by atoms with Gasteiger partial charge in [0, 0.05) is 0 Å². The maximum atomic E-state index is 11.8. The molecule has 4 heteroatoms. The Kier molecular flexibility index (Phi) is 2.83. The van der Waals surface area contributed by atoms with Gasteiger partial charge in [-0.25, -0.2) is 0 Å². The van der Waals surface area contributed by atoms with Crippen LogP contribution in [0.5, 0.6) is 0 Å². The van der Waals surface area contributed by atoms with Gasteiger partial charge in [0.15, 0.2) is 0 Å². The molecule has 0 aliphatic carbocycles. The van der Waals surface area contributed by atoms with Crippen LogP contribution < -0.4 is 10.4 Å². The first-order valence-electron chi connectivity index (χ1n) is 5.46. The van der Waals surface area contributed by atoms with E-state index in [9.17, 15) is 9.90 Å². The highest BCUT2D eigenvalue weighted by Gasteiger charge is 2.44. The Bertz CT molecular complexity index is 374. The van der Waals surface area contributed by atoms with Crippen molar-refractivity contribution in [3.05, 3.63) is 30.3 Å². The van der Waals surface area contributed by atoms with Crippen molar-refractivity contribution in [1.29, 1.82) is 0 Å². The zero-order chi connectivity index (χ0) is 11.6. The molecule has 0 spiro atoms. The number of benzene rings is 1. The van der Waals surface area contributed by atoms with E-state index < -0.39 is 5.41 Å². The molecule has 4 nitrogen and oxygen atoms in total. The Balaban J connectivity index is 2.22. The predicted molar refractivity (Wildman–Crippen MR) is 61.7 cm³/mol. The summed E-state index contributed by atoms with van der Waals surface area (Å²) in [5.41, 5.74) is 3.08. The number of nitrogens with zero attached hydrogens (tertiary/aromatic N) is 1. The average molecular weight is 220 g/mol. The molecule has 1 saturated heterocycles. The summed E-state index contributed by atoms with van der Waals surface area (Å²) in [5.74, 6) is -0.0960. The predicted octanol–water partition coefficient (Wildman–Crippen LogP) is 0.926. The molecule has 1 heterocycles. The summed E-state index contributed by atoms with van der Waals surface area (Å²) in [5, 5.41) is 11.2. The van der Waals surface area contributed by atoms with Gasteiger partial charge in [-0.3, -0.25) is 15.2 Å². The molecule has 1 aromatic rings. The van der Waals surface area contributed by atoms with Gasteiger partial charge in [0.05, 0.1) is 24.3 Å². The van der Waals surface area contributed by atoms with E-state index >= 15 is 0 Å². The van der Waals surface area contributed by atoms with Gasteiger partial charge < -0.3 is 5.11 Å². The number of anilines is 1. The average Bonchev–Trinajstić information content (AvgIpc) is 2.68. The van der Waals surface area contributed by atoms with Crippen LogP contribution in [-0.4, -0.2) is 24.2 Å². The molecular weight excluding hydrogens is 204 g/mol. The lowest BCUT2D eigenvalue weighted by atomic mass is 9.86. The van der Waals surface area contributed by atoms with Gasteiger partial charge in [-0.1, -0.05) is 25.1 Å². The third-order valence-electron chi connectivity index (χ3n) is 3.23. The number of hydrogen-bond donors (Lipinski definition) is 2. The first kappa shape index (κ1) is 11.0. The summed E-state index contributed by atoms with van der Waals surface area (Å²) in [7, 11) is 0. The van der Waals surface area contributed by atoms with E-state index in [-0.39, 0.29) is 12.5 Å². The van der Waals surface area contributed by atoms with Crippen molar-refractivity contribution >= 4 is 11.6 Å². The number of hydrazine groups is 1. The van der Waals surface area contributed by atoms with E-state index in [2.05, 4.69) is 5.43 Å². The lowest BCUT2D eigenvalue weighted by molar-refractivity contribution is -0.129. The van der Waals surface area contributed by atoms with Crippen LogP contribution in [0.2, 0.25) is 0 Å². The van der Waals surface area contributed by atoms with Crippen molar-refractivity contribution in [2.24, 2.45) is 5.41 Å². The van der Waals surface area contributed by atoms with Crippen LogP contribution in [0.1, 0.15) is 13.3 Å². The first-order valence-corrected chi connectivity index (χ1v) is 5.46. The van der Waals surface area contributed by atoms with Crippen LogP contribution in [0, 0.1) is 5.41 Å². The first-order chi connectivity index (χ1) is 7.72. The standard InChI is InChI=1S/C12H16N2O2/c1-2-12(9-15)8-14(13-11(12)16)10-6-4-3-5-7-10/h3-7,15H,2,8-9H2,1H3,(H,13,16). The molecule has 0 saturated carbocycles. The second kappa shape index (κ2) is 4.14. The summed E-state index contributed by atoms with van der Waals surface area (Å²) in [6.45, 7) is 2.33. The second-order valence-electron chi connectivity index (χ2n) is 4.15. The molecule has 2 rings (SSSR count). The van der Waals surface area contributed by atoms with E-state index in [1.807, 2.05) is 37.3 Å². The van der Waals surface area contributed by atoms with E-state index in [1.165, 1.54) is 0 Å².